The van der Waals surface area contributed by atoms with Crippen molar-refractivity contribution in [3.63, 3.8) is 0 Å². The van der Waals surface area contributed by atoms with Gasteiger partial charge in [0.2, 0.25) is 17.5 Å². The Morgan fingerprint density at radius 3 is 0.850 bits per heavy atom. The van der Waals surface area contributed by atoms with Crippen LogP contribution in [0.1, 0.15) is 0 Å². The lowest BCUT2D eigenvalue weighted by atomic mass is 10.1. The lowest BCUT2D eigenvalue weighted by molar-refractivity contribution is -0.0830. The Balaban J connectivity index is 2.61. The summed E-state index contributed by atoms with van der Waals surface area (Å²) in [4.78, 5) is 0. The van der Waals surface area contributed by atoms with Crippen LogP contribution in [0.5, 0.6) is 0 Å². The second-order valence-electron chi connectivity index (χ2n) is 7.70. The van der Waals surface area contributed by atoms with Crippen LogP contribution in [-0.2, 0) is 0 Å². The van der Waals surface area contributed by atoms with Gasteiger partial charge in [-0.3, -0.25) is 0 Å². The van der Waals surface area contributed by atoms with Gasteiger partial charge in [0.05, 0.1) is 26.4 Å². The Labute approximate surface area is 203 Å². The normalized spacial score (nSPS) is 15.9. The highest BCUT2D eigenvalue weighted by molar-refractivity contribution is 6.16. The van der Waals surface area contributed by atoms with Crippen LogP contribution in [0.4, 0.5) is 79.0 Å². The standard InChI is InChI=1S/C21F18O/c22-8-1-2(9(23)5(8)16(28)19(31,32)33)4-11(25)7(18(30)21(37,38)39)13(27)15(4)40-14-3(1)10(24)6(12(14)26)17(29)20(34,35)36/b16-5?,17-6-,18-7+. The largest absolute Gasteiger partial charge is 0.450 e. The molecule has 0 unspecified atom stereocenters. The molecule has 216 valence electrons. The van der Waals surface area contributed by atoms with E-state index in [1.54, 1.807) is 0 Å². The maximum Gasteiger partial charge on any atom is 0.443 e. The van der Waals surface area contributed by atoms with Crippen LogP contribution in [0.2, 0.25) is 0 Å². The van der Waals surface area contributed by atoms with E-state index >= 15 is 8.78 Å². The van der Waals surface area contributed by atoms with Gasteiger partial charge < -0.3 is 4.42 Å². The Morgan fingerprint density at radius 2 is 0.600 bits per heavy atom. The summed E-state index contributed by atoms with van der Waals surface area (Å²) in [5.74, 6) is -28.7. The molecule has 0 radical (unpaired) electrons. The van der Waals surface area contributed by atoms with Gasteiger partial charge in [0.15, 0.2) is 22.8 Å². The highest BCUT2D eigenvalue weighted by atomic mass is 19.4. The van der Waals surface area contributed by atoms with Gasteiger partial charge in [-0.2, -0.15) is 39.5 Å². The smallest absolute Gasteiger partial charge is 0.443 e. The highest BCUT2D eigenvalue weighted by Crippen LogP contribution is 2.40. The molecule has 1 nitrogen and oxygen atoms in total. The number of hydrogen-bond acceptors (Lipinski definition) is 1. The van der Waals surface area contributed by atoms with E-state index in [2.05, 4.69) is 4.42 Å². The maximum atomic E-state index is 15.1. The van der Waals surface area contributed by atoms with Crippen LogP contribution in [0.3, 0.4) is 0 Å². The van der Waals surface area contributed by atoms with Gasteiger partial charge >= 0.3 is 18.5 Å². The maximum absolute atomic E-state index is 15.1. The third kappa shape index (κ3) is 3.91. The predicted octanol–water partition coefficient (Wildman–Crippen LogP) is 7.21. The van der Waals surface area contributed by atoms with Crippen molar-refractivity contribution >= 4 is 50.2 Å². The number of rotatable bonds is 0. The molecule has 0 aliphatic rings. The molecule has 0 amide bonds. The van der Waals surface area contributed by atoms with Crippen molar-refractivity contribution < 1.29 is 83.4 Å². The van der Waals surface area contributed by atoms with Crippen LogP contribution in [-0.4, -0.2) is 18.5 Å². The second-order valence-corrected chi connectivity index (χ2v) is 7.70. The van der Waals surface area contributed by atoms with E-state index in [4.69, 9.17) is 0 Å². The molecule has 1 heterocycles. The number of hydrogen-bond donors (Lipinski definition) is 0. The van der Waals surface area contributed by atoms with Crippen molar-refractivity contribution in [1.29, 1.82) is 0 Å². The average molecular weight is 610 g/mol. The lowest BCUT2D eigenvalue weighted by Crippen LogP contribution is -2.21. The van der Waals surface area contributed by atoms with Gasteiger partial charge in [-0.25, -0.2) is 39.5 Å². The summed E-state index contributed by atoms with van der Waals surface area (Å²) in [6.07, 6.45) is -18.8. The molecule has 0 fully saturated rings. The number of halogens is 18. The molecule has 40 heavy (non-hydrogen) atoms. The summed E-state index contributed by atoms with van der Waals surface area (Å²) >= 11 is 0. The Morgan fingerprint density at radius 1 is 0.375 bits per heavy atom. The van der Waals surface area contributed by atoms with Crippen LogP contribution < -0.4 is 15.7 Å². The molecule has 0 spiro atoms. The van der Waals surface area contributed by atoms with Crippen LogP contribution in [0, 0.1) is 34.9 Å². The minimum Gasteiger partial charge on any atom is -0.450 e. The molecule has 19 heteroatoms. The van der Waals surface area contributed by atoms with Gasteiger partial charge in [-0.05, 0) is 0 Å². The van der Waals surface area contributed by atoms with E-state index in [0.717, 1.165) is 0 Å². The zero-order chi connectivity index (χ0) is 30.6. The Kier molecular flexibility index (Phi) is 6.27. The summed E-state index contributed by atoms with van der Waals surface area (Å²) < 4.78 is 251. The summed E-state index contributed by atoms with van der Waals surface area (Å²) in [7, 11) is 0. The predicted molar refractivity (Wildman–Crippen MR) is 97.2 cm³/mol. The summed E-state index contributed by atoms with van der Waals surface area (Å²) in [5.41, 5.74) is -4.70. The number of alkyl halides is 9. The second kappa shape index (κ2) is 8.60. The molecule has 4 rings (SSSR count). The van der Waals surface area contributed by atoms with E-state index in [-0.39, 0.29) is 0 Å². The molecule has 3 aromatic carbocycles. The first kappa shape index (κ1) is 29.2. The van der Waals surface area contributed by atoms with E-state index in [1.807, 2.05) is 0 Å². The number of fused-ring (bicyclic) bond motifs is 5. The first-order valence-electron chi connectivity index (χ1n) is 9.56. The van der Waals surface area contributed by atoms with Crippen molar-refractivity contribution in [3.8, 4) is 0 Å². The quantitative estimate of drug-likeness (QED) is 0.192. The van der Waals surface area contributed by atoms with E-state index in [9.17, 15) is 70.2 Å². The van der Waals surface area contributed by atoms with Crippen LogP contribution in [0.25, 0.3) is 50.2 Å². The highest BCUT2D eigenvalue weighted by Gasteiger charge is 2.43. The monoisotopic (exact) mass is 610 g/mol. The van der Waals surface area contributed by atoms with Crippen molar-refractivity contribution in [2.45, 2.75) is 18.5 Å². The third-order valence-corrected chi connectivity index (χ3v) is 5.41. The fourth-order valence-corrected chi connectivity index (χ4v) is 3.87. The van der Waals surface area contributed by atoms with Gasteiger partial charge in [0.1, 0.15) is 23.3 Å². The Bertz CT molecular complexity index is 1810. The first-order chi connectivity index (χ1) is 18.0. The minimum absolute atomic E-state index is 2.28. The molecule has 0 aliphatic carbocycles. The molecule has 0 saturated carbocycles. The zero-order valence-electron chi connectivity index (χ0n) is 17.7. The summed E-state index contributed by atoms with van der Waals surface area (Å²) in [6.45, 7) is 0. The minimum atomic E-state index is -6.31. The van der Waals surface area contributed by atoms with Crippen molar-refractivity contribution in [3.05, 3.63) is 50.6 Å². The first-order valence-corrected chi connectivity index (χ1v) is 9.56. The van der Waals surface area contributed by atoms with Gasteiger partial charge in [0.25, 0.3) is 0 Å². The third-order valence-electron chi connectivity index (χ3n) is 5.41. The van der Waals surface area contributed by atoms with Crippen molar-refractivity contribution in [1.82, 2.24) is 0 Å². The topological polar surface area (TPSA) is 13.1 Å². The molecule has 0 saturated heterocycles. The molecular formula is C21F18O. The zero-order valence-corrected chi connectivity index (χ0v) is 17.7. The van der Waals surface area contributed by atoms with E-state index < -0.39 is 119 Å². The van der Waals surface area contributed by atoms with E-state index in [0.29, 0.717) is 0 Å². The molecule has 0 bridgehead atoms. The van der Waals surface area contributed by atoms with Crippen molar-refractivity contribution in [2.24, 2.45) is 0 Å². The summed E-state index contributed by atoms with van der Waals surface area (Å²) in [6, 6.07) is 0. The van der Waals surface area contributed by atoms with Crippen LogP contribution in [0.15, 0.2) is 4.42 Å². The molecular weight excluding hydrogens is 610 g/mol. The lowest BCUT2D eigenvalue weighted by Gasteiger charge is -2.01. The molecule has 1 aromatic heterocycles. The fourth-order valence-electron chi connectivity index (χ4n) is 3.87. The van der Waals surface area contributed by atoms with Crippen molar-refractivity contribution in [2.75, 3.05) is 0 Å². The molecule has 0 N–H and O–H groups in total. The Hall–Kier alpha value is -3.80. The SMILES string of the molecule is FC(=c1c(F)c2c3c(F)/c(=C(/F)C(F)(F)F)c(F)c3oc3c(F)/c(=C(/F)C(F)(F)F)c(F)c3c2c1F)C(F)(F)F. The fraction of sp³-hybridized carbons (Fsp3) is 0.143. The van der Waals surface area contributed by atoms with Gasteiger partial charge in [0, 0.05) is 10.8 Å². The van der Waals surface area contributed by atoms with Crippen LogP contribution >= 0.6 is 0 Å². The molecule has 4 aromatic rings. The van der Waals surface area contributed by atoms with Gasteiger partial charge in [-0.1, -0.05) is 0 Å². The summed E-state index contributed by atoms with van der Waals surface area (Å²) in [5, 5.41) is -17.8. The average Bonchev–Trinajstić information content (AvgIpc) is 3.22. The van der Waals surface area contributed by atoms with Gasteiger partial charge in [-0.15, -0.1) is 0 Å². The van der Waals surface area contributed by atoms with E-state index in [1.165, 1.54) is 0 Å². The molecule has 0 aliphatic heterocycles. The molecule has 0 atom stereocenters.